The summed E-state index contributed by atoms with van der Waals surface area (Å²) in [6.45, 7) is 3.62. The van der Waals surface area contributed by atoms with E-state index in [1.54, 1.807) is 36.2 Å². The number of hydrogen-bond donors (Lipinski definition) is 2. The van der Waals surface area contributed by atoms with Crippen molar-refractivity contribution in [3.63, 3.8) is 0 Å². The van der Waals surface area contributed by atoms with E-state index in [4.69, 9.17) is 10.8 Å². The molecule has 0 aliphatic carbocycles. The molecule has 4 heteroatoms. The molecule has 0 heterocycles. The summed E-state index contributed by atoms with van der Waals surface area (Å²) in [4.78, 5) is 13.5. The van der Waals surface area contributed by atoms with E-state index < -0.39 is 0 Å². The zero-order valence-electron chi connectivity index (χ0n) is 9.84. The Labute approximate surface area is 95.7 Å². The number of benzene rings is 1. The molecule has 0 spiro atoms. The lowest BCUT2D eigenvalue weighted by atomic mass is 10.0. The van der Waals surface area contributed by atoms with Crippen LogP contribution in [0.2, 0.25) is 0 Å². The standard InChI is InChI=1S/C12H18N2O2/c1-8(9(2)13)12(16)14(3)10-4-6-11(15)7-5-10/h4-9,15H,13H2,1-3H3. The van der Waals surface area contributed by atoms with Crippen molar-refractivity contribution in [1.29, 1.82) is 0 Å². The third-order valence-electron chi connectivity index (χ3n) is 2.75. The van der Waals surface area contributed by atoms with Crippen molar-refractivity contribution in [3.8, 4) is 5.75 Å². The van der Waals surface area contributed by atoms with Crippen molar-refractivity contribution in [2.24, 2.45) is 11.7 Å². The Balaban J connectivity index is 2.82. The fraction of sp³-hybridized carbons (Fsp3) is 0.417. The van der Waals surface area contributed by atoms with E-state index in [9.17, 15) is 4.79 Å². The number of aromatic hydroxyl groups is 1. The Morgan fingerprint density at radius 1 is 1.31 bits per heavy atom. The second-order valence-electron chi connectivity index (χ2n) is 4.06. The number of carbonyl (C=O) groups excluding carboxylic acids is 1. The fourth-order valence-corrected chi connectivity index (χ4v) is 1.33. The summed E-state index contributed by atoms with van der Waals surface area (Å²) in [5.41, 5.74) is 6.43. The molecule has 16 heavy (non-hydrogen) atoms. The average molecular weight is 222 g/mol. The first kappa shape index (κ1) is 12.5. The predicted octanol–water partition coefficient (Wildman–Crippen LogP) is 1.34. The van der Waals surface area contributed by atoms with Crippen LogP contribution in [0, 0.1) is 5.92 Å². The molecular formula is C12H18N2O2. The number of amides is 1. The van der Waals surface area contributed by atoms with Crippen molar-refractivity contribution >= 4 is 11.6 Å². The molecule has 0 fully saturated rings. The van der Waals surface area contributed by atoms with Crippen molar-refractivity contribution in [3.05, 3.63) is 24.3 Å². The van der Waals surface area contributed by atoms with Crippen LogP contribution in [-0.2, 0) is 4.79 Å². The van der Waals surface area contributed by atoms with Gasteiger partial charge in [0, 0.05) is 18.8 Å². The number of phenols is 1. The lowest BCUT2D eigenvalue weighted by molar-refractivity contribution is -0.122. The Hall–Kier alpha value is -1.55. The van der Waals surface area contributed by atoms with Crippen molar-refractivity contribution in [1.82, 2.24) is 0 Å². The minimum atomic E-state index is -0.223. The Kier molecular flexibility index (Phi) is 3.90. The largest absolute Gasteiger partial charge is 0.508 e. The van der Waals surface area contributed by atoms with Crippen LogP contribution in [0.5, 0.6) is 5.75 Å². The van der Waals surface area contributed by atoms with Crippen LogP contribution in [0.15, 0.2) is 24.3 Å². The van der Waals surface area contributed by atoms with E-state index in [1.807, 2.05) is 13.8 Å². The SMILES string of the molecule is CC(N)C(C)C(=O)N(C)c1ccc(O)cc1. The van der Waals surface area contributed by atoms with Crippen LogP contribution in [-0.4, -0.2) is 24.1 Å². The summed E-state index contributed by atoms with van der Waals surface area (Å²) < 4.78 is 0. The summed E-state index contributed by atoms with van der Waals surface area (Å²) in [5, 5.41) is 9.15. The quantitative estimate of drug-likeness (QED) is 0.811. The predicted molar refractivity (Wildman–Crippen MR) is 64.3 cm³/mol. The highest BCUT2D eigenvalue weighted by Gasteiger charge is 2.21. The lowest BCUT2D eigenvalue weighted by Crippen LogP contribution is -2.39. The molecule has 0 saturated heterocycles. The van der Waals surface area contributed by atoms with Gasteiger partial charge in [-0.05, 0) is 31.2 Å². The average Bonchev–Trinajstić information content (AvgIpc) is 2.27. The second kappa shape index (κ2) is 4.99. The molecule has 0 aliphatic rings. The highest BCUT2D eigenvalue weighted by atomic mass is 16.3. The van der Waals surface area contributed by atoms with E-state index in [-0.39, 0.29) is 23.6 Å². The van der Waals surface area contributed by atoms with Gasteiger partial charge < -0.3 is 15.7 Å². The highest BCUT2D eigenvalue weighted by molar-refractivity contribution is 5.94. The van der Waals surface area contributed by atoms with Gasteiger partial charge in [0.05, 0.1) is 5.92 Å². The summed E-state index contributed by atoms with van der Waals surface area (Å²) >= 11 is 0. The zero-order valence-corrected chi connectivity index (χ0v) is 9.84. The molecule has 2 atom stereocenters. The maximum absolute atomic E-state index is 12.0. The number of nitrogens with two attached hydrogens (primary N) is 1. The van der Waals surface area contributed by atoms with Crippen LogP contribution in [0.1, 0.15) is 13.8 Å². The summed E-state index contributed by atoms with van der Waals surface area (Å²) in [7, 11) is 1.70. The Bertz CT molecular complexity index is 360. The minimum absolute atomic E-state index is 0.0271. The van der Waals surface area contributed by atoms with Crippen molar-refractivity contribution in [2.75, 3.05) is 11.9 Å². The normalized spacial score (nSPS) is 14.2. The molecule has 4 nitrogen and oxygen atoms in total. The van der Waals surface area contributed by atoms with E-state index in [0.29, 0.717) is 0 Å². The maximum Gasteiger partial charge on any atom is 0.231 e. The number of anilines is 1. The van der Waals surface area contributed by atoms with Crippen molar-refractivity contribution < 1.29 is 9.90 Å². The van der Waals surface area contributed by atoms with Crippen LogP contribution < -0.4 is 10.6 Å². The summed E-state index contributed by atoms with van der Waals surface area (Å²) in [6, 6.07) is 6.32. The summed E-state index contributed by atoms with van der Waals surface area (Å²) in [5.74, 6) is -0.0654. The van der Waals surface area contributed by atoms with Crippen molar-refractivity contribution in [2.45, 2.75) is 19.9 Å². The van der Waals surface area contributed by atoms with Gasteiger partial charge >= 0.3 is 0 Å². The maximum atomic E-state index is 12.0. The van der Waals surface area contributed by atoms with Gasteiger partial charge in [0.2, 0.25) is 5.91 Å². The fourth-order valence-electron chi connectivity index (χ4n) is 1.33. The van der Waals surface area contributed by atoms with Gasteiger partial charge in [-0.15, -0.1) is 0 Å². The number of rotatable bonds is 3. The summed E-state index contributed by atoms with van der Waals surface area (Å²) in [6.07, 6.45) is 0. The van der Waals surface area contributed by atoms with Crippen LogP contribution in [0.25, 0.3) is 0 Å². The zero-order chi connectivity index (χ0) is 12.3. The van der Waals surface area contributed by atoms with Gasteiger partial charge in [-0.1, -0.05) is 6.92 Å². The molecule has 0 radical (unpaired) electrons. The number of phenolic OH excluding ortho intramolecular Hbond substituents is 1. The Morgan fingerprint density at radius 2 is 1.81 bits per heavy atom. The second-order valence-corrected chi connectivity index (χ2v) is 4.06. The van der Waals surface area contributed by atoms with Crippen LogP contribution in [0.3, 0.4) is 0 Å². The molecule has 0 saturated carbocycles. The minimum Gasteiger partial charge on any atom is -0.508 e. The first-order valence-electron chi connectivity index (χ1n) is 5.25. The van der Waals surface area contributed by atoms with Gasteiger partial charge in [0.25, 0.3) is 0 Å². The van der Waals surface area contributed by atoms with Crippen LogP contribution in [0.4, 0.5) is 5.69 Å². The van der Waals surface area contributed by atoms with Gasteiger partial charge in [0.1, 0.15) is 5.75 Å². The van der Waals surface area contributed by atoms with Crippen LogP contribution >= 0.6 is 0 Å². The molecule has 88 valence electrons. The van der Waals surface area contributed by atoms with Gasteiger partial charge in [-0.3, -0.25) is 4.79 Å². The molecule has 0 aliphatic heterocycles. The van der Waals surface area contributed by atoms with E-state index in [2.05, 4.69) is 0 Å². The van der Waals surface area contributed by atoms with Gasteiger partial charge in [0.15, 0.2) is 0 Å². The smallest absolute Gasteiger partial charge is 0.231 e. The first-order chi connectivity index (χ1) is 7.43. The molecular weight excluding hydrogens is 204 g/mol. The molecule has 3 N–H and O–H groups in total. The highest BCUT2D eigenvalue weighted by Crippen LogP contribution is 2.19. The molecule has 0 aromatic heterocycles. The van der Waals surface area contributed by atoms with Gasteiger partial charge in [-0.2, -0.15) is 0 Å². The molecule has 1 rings (SSSR count). The van der Waals surface area contributed by atoms with E-state index >= 15 is 0 Å². The third-order valence-corrected chi connectivity index (χ3v) is 2.75. The first-order valence-corrected chi connectivity index (χ1v) is 5.25. The molecule has 2 unspecified atom stereocenters. The number of carbonyl (C=O) groups is 1. The molecule has 0 bridgehead atoms. The lowest BCUT2D eigenvalue weighted by Gasteiger charge is -2.23. The monoisotopic (exact) mass is 222 g/mol. The molecule has 1 aromatic rings. The van der Waals surface area contributed by atoms with Gasteiger partial charge in [-0.25, -0.2) is 0 Å². The number of nitrogens with zero attached hydrogens (tertiary/aromatic N) is 1. The van der Waals surface area contributed by atoms with E-state index in [0.717, 1.165) is 5.69 Å². The Morgan fingerprint density at radius 3 is 2.25 bits per heavy atom. The molecule has 1 amide bonds. The molecule has 1 aromatic carbocycles. The topological polar surface area (TPSA) is 66.6 Å². The third kappa shape index (κ3) is 2.73. The van der Waals surface area contributed by atoms with E-state index in [1.165, 1.54) is 0 Å². The number of hydrogen-bond acceptors (Lipinski definition) is 3.